The molecule has 7 heteroatoms. The molecule has 0 amide bonds. The summed E-state index contributed by atoms with van der Waals surface area (Å²) >= 11 is 6.01. The maximum Gasteiger partial charge on any atom is 0.243 e. The van der Waals surface area contributed by atoms with Gasteiger partial charge >= 0.3 is 0 Å². The Labute approximate surface area is 161 Å². The van der Waals surface area contributed by atoms with Gasteiger partial charge in [0.25, 0.3) is 0 Å². The van der Waals surface area contributed by atoms with Crippen LogP contribution in [0.3, 0.4) is 0 Å². The summed E-state index contributed by atoms with van der Waals surface area (Å²) in [6, 6.07) is 11.8. The van der Waals surface area contributed by atoms with Gasteiger partial charge in [-0.2, -0.15) is 4.31 Å². The number of hydrogen-bond acceptors (Lipinski definition) is 4. The molecule has 2 aromatic rings. The molecule has 2 rings (SSSR count). The molecule has 0 aliphatic carbocycles. The second-order valence-corrected chi connectivity index (χ2v) is 8.87. The molecule has 2 N–H and O–H groups in total. The van der Waals surface area contributed by atoms with Gasteiger partial charge < -0.3 is 10.6 Å². The van der Waals surface area contributed by atoms with Crippen molar-refractivity contribution in [2.75, 3.05) is 24.7 Å². The number of nitrogens with two attached hydrogens (primary N) is 1. The lowest BCUT2D eigenvalue weighted by Gasteiger charge is -2.29. The highest BCUT2D eigenvalue weighted by atomic mass is 35.5. The first-order chi connectivity index (χ1) is 12.2. The Kier molecular flexibility index (Phi) is 6.55. The van der Waals surface area contributed by atoms with Gasteiger partial charge in [0.2, 0.25) is 10.0 Å². The van der Waals surface area contributed by atoms with E-state index >= 15 is 0 Å². The minimum atomic E-state index is -3.70. The minimum Gasteiger partial charge on any atom is -0.399 e. The Morgan fingerprint density at radius 2 is 1.85 bits per heavy atom. The van der Waals surface area contributed by atoms with Crippen LogP contribution in [-0.4, -0.2) is 32.9 Å². The third kappa shape index (κ3) is 4.50. The highest BCUT2D eigenvalue weighted by Crippen LogP contribution is 2.28. The molecule has 0 saturated carbocycles. The number of nitrogen functional groups attached to an aromatic ring is 1. The van der Waals surface area contributed by atoms with Gasteiger partial charge in [-0.25, -0.2) is 8.42 Å². The van der Waals surface area contributed by atoms with Crippen LogP contribution in [0.15, 0.2) is 47.4 Å². The fourth-order valence-corrected chi connectivity index (χ4v) is 4.76. The van der Waals surface area contributed by atoms with Crippen molar-refractivity contribution >= 4 is 33.0 Å². The van der Waals surface area contributed by atoms with Crippen LogP contribution in [0.5, 0.6) is 0 Å². The molecule has 0 aromatic heterocycles. The molecule has 142 valence electrons. The predicted molar refractivity (Wildman–Crippen MR) is 109 cm³/mol. The van der Waals surface area contributed by atoms with Crippen LogP contribution in [0.2, 0.25) is 5.02 Å². The summed E-state index contributed by atoms with van der Waals surface area (Å²) < 4.78 is 28.1. The summed E-state index contributed by atoms with van der Waals surface area (Å²) in [7, 11) is 0.151. The number of anilines is 2. The number of sulfonamides is 1. The molecule has 5 nitrogen and oxygen atoms in total. The Morgan fingerprint density at radius 1 is 1.15 bits per heavy atom. The molecule has 0 bridgehead atoms. The molecular weight excluding hydrogens is 370 g/mol. The highest BCUT2D eigenvalue weighted by molar-refractivity contribution is 7.89. The Balaban J connectivity index is 2.52. The molecule has 0 aliphatic rings. The van der Waals surface area contributed by atoms with Crippen molar-refractivity contribution in [2.45, 2.75) is 37.8 Å². The number of rotatable bonds is 7. The number of benzene rings is 2. The summed E-state index contributed by atoms with van der Waals surface area (Å²) in [6.07, 6.45) is 0.694. The zero-order valence-electron chi connectivity index (χ0n) is 15.6. The molecule has 0 radical (unpaired) electrons. The van der Waals surface area contributed by atoms with E-state index in [4.69, 9.17) is 17.3 Å². The van der Waals surface area contributed by atoms with Crippen molar-refractivity contribution in [3.8, 4) is 0 Å². The zero-order valence-corrected chi connectivity index (χ0v) is 17.2. The Morgan fingerprint density at radius 3 is 2.42 bits per heavy atom. The van der Waals surface area contributed by atoms with E-state index < -0.39 is 10.0 Å². The summed E-state index contributed by atoms with van der Waals surface area (Å²) in [5.41, 5.74) is 8.36. The van der Waals surface area contributed by atoms with E-state index in [1.807, 2.05) is 51.0 Å². The molecule has 0 saturated heterocycles. The van der Waals surface area contributed by atoms with Gasteiger partial charge in [0.05, 0.1) is 4.90 Å². The van der Waals surface area contributed by atoms with Crippen molar-refractivity contribution in [2.24, 2.45) is 0 Å². The third-order valence-corrected chi connectivity index (χ3v) is 6.59. The number of hydrogen-bond donors (Lipinski definition) is 1. The van der Waals surface area contributed by atoms with E-state index in [1.165, 1.54) is 10.4 Å². The van der Waals surface area contributed by atoms with Crippen LogP contribution in [0.4, 0.5) is 11.4 Å². The minimum absolute atomic E-state index is 0.171. The van der Waals surface area contributed by atoms with Crippen LogP contribution in [0, 0.1) is 0 Å². The smallest absolute Gasteiger partial charge is 0.243 e. The van der Waals surface area contributed by atoms with Gasteiger partial charge in [-0.1, -0.05) is 24.6 Å². The molecule has 1 atom stereocenters. The van der Waals surface area contributed by atoms with Crippen molar-refractivity contribution in [1.82, 2.24) is 4.31 Å². The van der Waals surface area contributed by atoms with Gasteiger partial charge in [-0.15, -0.1) is 0 Å². The highest BCUT2D eigenvalue weighted by Gasteiger charge is 2.29. The average Bonchev–Trinajstić information content (AvgIpc) is 2.58. The van der Waals surface area contributed by atoms with Crippen molar-refractivity contribution in [1.29, 1.82) is 0 Å². The summed E-state index contributed by atoms with van der Waals surface area (Å²) in [5.74, 6) is 0. The van der Waals surface area contributed by atoms with Gasteiger partial charge in [-0.3, -0.25) is 0 Å². The zero-order chi connectivity index (χ0) is 19.5. The molecule has 0 heterocycles. The van der Waals surface area contributed by atoms with Crippen LogP contribution in [0.25, 0.3) is 0 Å². The maximum atomic E-state index is 13.3. The van der Waals surface area contributed by atoms with Gasteiger partial charge in [0.1, 0.15) is 0 Å². The molecule has 0 fully saturated rings. The normalized spacial score (nSPS) is 13.0. The first-order valence-corrected chi connectivity index (χ1v) is 10.3. The molecule has 0 spiro atoms. The number of nitrogens with zero attached hydrogens (tertiary/aromatic N) is 2. The van der Waals surface area contributed by atoms with Crippen molar-refractivity contribution < 1.29 is 8.42 Å². The van der Waals surface area contributed by atoms with Crippen LogP contribution < -0.4 is 10.6 Å². The van der Waals surface area contributed by atoms with Gasteiger partial charge in [0, 0.05) is 43.1 Å². The van der Waals surface area contributed by atoms with Crippen molar-refractivity contribution in [3.63, 3.8) is 0 Å². The Bertz CT molecular complexity index is 869. The van der Waals surface area contributed by atoms with Crippen molar-refractivity contribution in [3.05, 3.63) is 53.1 Å². The fourth-order valence-electron chi connectivity index (χ4n) is 2.78. The molecule has 0 aliphatic heterocycles. The van der Waals surface area contributed by atoms with E-state index in [0.29, 0.717) is 17.1 Å². The maximum absolute atomic E-state index is 13.3. The lowest BCUT2D eigenvalue weighted by atomic mass is 10.1. The second-order valence-electron chi connectivity index (χ2n) is 6.55. The monoisotopic (exact) mass is 395 g/mol. The van der Waals surface area contributed by atoms with Gasteiger partial charge in [-0.05, 0) is 55.3 Å². The van der Waals surface area contributed by atoms with E-state index in [-0.39, 0.29) is 17.5 Å². The molecule has 1 unspecified atom stereocenters. The first-order valence-electron chi connectivity index (χ1n) is 8.50. The molecule has 2 aromatic carbocycles. The fraction of sp³-hybridized carbons (Fsp3) is 0.368. The SMILES string of the molecule is CCC(C)N(Cc1cc(N)ccc1N(C)C)S(=O)(=O)c1cccc(Cl)c1. The largest absolute Gasteiger partial charge is 0.399 e. The van der Waals surface area contributed by atoms with E-state index in [2.05, 4.69) is 0 Å². The molecular formula is C19H26ClN3O2S. The topological polar surface area (TPSA) is 66.6 Å². The van der Waals surface area contributed by atoms with E-state index in [9.17, 15) is 8.42 Å². The summed E-state index contributed by atoms with van der Waals surface area (Å²) in [4.78, 5) is 2.15. The van der Waals surface area contributed by atoms with Crippen LogP contribution >= 0.6 is 11.6 Å². The lowest BCUT2D eigenvalue weighted by Crippen LogP contribution is -2.38. The standard InChI is InChI=1S/C19H26ClN3O2S/c1-5-14(2)23(26(24,25)18-8-6-7-16(20)12-18)13-15-11-17(21)9-10-19(15)22(3)4/h6-12,14H,5,13,21H2,1-4H3. The quantitative estimate of drug-likeness (QED) is 0.720. The summed E-state index contributed by atoms with van der Waals surface area (Å²) in [5, 5.41) is 0.396. The van der Waals surface area contributed by atoms with E-state index in [0.717, 1.165) is 11.3 Å². The molecule has 26 heavy (non-hydrogen) atoms. The third-order valence-electron chi connectivity index (χ3n) is 4.40. The number of halogens is 1. The van der Waals surface area contributed by atoms with Crippen LogP contribution in [0.1, 0.15) is 25.8 Å². The van der Waals surface area contributed by atoms with Gasteiger partial charge in [0.15, 0.2) is 0 Å². The average molecular weight is 396 g/mol. The lowest BCUT2D eigenvalue weighted by molar-refractivity contribution is 0.323. The van der Waals surface area contributed by atoms with Crippen LogP contribution in [-0.2, 0) is 16.6 Å². The predicted octanol–water partition coefficient (Wildman–Crippen LogP) is 3.98. The Hall–Kier alpha value is -1.76. The summed E-state index contributed by atoms with van der Waals surface area (Å²) in [6.45, 7) is 4.11. The van der Waals surface area contributed by atoms with E-state index in [1.54, 1.807) is 18.2 Å². The second kappa shape index (κ2) is 8.29. The first kappa shape index (κ1) is 20.6.